The van der Waals surface area contributed by atoms with Crippen LogP contribution in [0.3, 0.4) is 0 Å². The molecule has 7 unspecified atom stereocenters. The molecule has 3 saturated heterocycles. The molecule has 0 radical (unpaired) electrons. The van der Waals surface area contributed by atoms with Crippen molar-refractivity contribution in [3.63, 3.8) is 0 Å². The number of phosphoric ester groups is 1. The maximum Gasteiger partial charge on any atom is 0.472 e. The zero-order valence-electron chi connectivity index (χ0n) is 18.5. The second-order valence-corrected chi connectivity index (χ2v) is 10.9. The van der Waals surface area contributed by atoms with Crippen molar-refractivity contribution in [1.82, 2.24) is 5.32 Å². The summed E-state index contributed by atoms with van der Waals surface area (Å²) in [5.74, 6) is -0.350. The Balaban J connectivity index is 1.77. The molecule has 186 valence electrons. The SMILES string of the molecule is NC1=N\C23CCCCCCCCC(C4OC(OP(=O)(O)O)C(O)C4O)(NC2=O)C(/C=C\1)CC3. The minimum absolute atomic E-state index is 0.260. The number of amidine groups is 1. The summed E-state index contributed by atoms with van der Waals surface area (Å²) in [6.07, 6.45) is 5.04. The Hall–Kier alpha value is -1.33. The van der Waals surface area contributed by atoms with Gasteiger partial charge >= 0.3 is 7.82 Å². The zero-order valence-corrected chi connectivity index (χ0v) is 19.4. The molecule has 7 atom stereocenters. The molecule has 4 heterocycles. The van der Waals surface area contributed by atoms with Crippen molar-refractivity contribution in [1.29, 1.82) is 0 Å². The fraction of sp³-hybridized carbons (Fsp3) is 0.810. The van der Waals surface area contributed by atoms with Crippen LogP contribution in [0.2, 0.25) is 0 Å². The highest BCUT2D eigenvalue weighted by atomic mass is 31.2. The fourth-order valence-electron chi connectivity index (χ4n) is 5.86. The Morgan fingerprint density at radius 1 is 1.09 bits per heavy atom. The maximum atomic E-state index is 13.7. The van der Waals surface area contributed by atoms with Crippen molar-refractivity contribution in [3.8, 4) is 0 Å². The van der Waals surface area contributed by atoms with Gasteiger partial charge in [0, 0.05) is 5.92 Å². The van der Waals surface area contributed by atoms with Gasteiger partial charge in [0.1, 0.15) is 29.7 Å². The Morgan fingerprint density at radius 2 is 1.76 bits per heavy atom. The lowest BCUT2D eigenvalue weighted by Gasteiger charge is -2.44. The third-order valence-electron chi connectivity index (χ3n) is 7.54. The first kappa shape index (κ1) is 24.8. The summed E-state index contributed by atoms with van der Waals surface area (Å²) >= 11 is 0. The fourth-order valence-corrected chi connectivity index (χ4v) is 6.31. The molecule has 0 aromatic rings. The van der Waals surface area contributed by atoms with Crippen LogP contribution in [0, 0.1) is 5.92 Å². The molecule has 3 bridgehead atoms. The van der Waals surface area contributed by atoms with Crippen LogP contribution in [0.4, 0.5) is 0 Å². The molecule has 4 aliphatic heterocycles. The van der Waals surface area contributed by atoms with E-state index in [4.69, 9.17) is 10.5 Å². The summed E-state index contributed by atoms with van der Waals surface area (Å²) in [6.45, 7) is 0. The molecule has 0 aromatic heterocycles. The van der Waals surface area contributed by atoms with Crippen LogP contribution in [-0.2, 0) is 18.6 Å². The molecule has 12 heteroatoms. The number of hydrogen-bond acceptors (Lipinski definition) is 8. The molecule has 4 aliphatic rings. The van der Waals surface area contributed by atoms with Gasteiger partial charge in [0.05, 0.1) is 5.54 Å². The number of rotatable bonds is 3. The van der Waals surface area contributed by atoms with Crippen molar-refractivity contribution in [2.24, 2.45) is 16.6 Å². The standard InChI is InChI=1S/C21H34N3O8P/c22-14-8-7-13-9-12-20(23-14)10-5-3-1-2-4-6-11-21(13,24-19(20)27)17-15(25)16(26)18(31-17)32-33(28,29)30/h7-8,13,15-18,25-26H,1-6,9-12H2,(H2,22,23)(H,24,27)(H2,28,29,30)/b8-7-. The Bertz CT molecular complexity index is 862. The molecule has 0 aromatic carbocycles. The van der Waals surface area contributed by atoms with E-state index in [-0.39, 0.29) is 17.7 Å². The summed E-state index contributed by atoms with van der Waals surface area (Å²) in [4.78, 5) is 36.8. The average molecular weight is 487 g/mol. The lowest BCUT2D eigenvalue weighted by atomic mass is 9.71. The summed E-state index contributed by atoms with van der Waals surface area (Å²) in [5, 5.41) is 24.6. The van der Waals surface area contributed by atoms with Gasteiger partial charge in [-0.15, -0.1) is 0 Å². The Labute approximate surface area is 192 Å². The van der Waals surface area contributed by atoms with Gasteiger partial charge in [-0.3, -0.25) is 14.3 Å². The lowest BCUT2D eigenvalue weighted by Crippen LogP contribution is -2.65. The highest BCUT2D eigenvalue weighted by Gasteiger charge is 2.60. The molecule has 7 N–H and O–H groups in total. The summed E-state index contributed by atoms with van der Waals surface area (Å²) in [7, 11) is -4.99. The predicted octanol–water partition coefficient (Wildman–Crippen LogP) is 0.608. The Kier molecular flexibility index (Phi) is 7.04. The Morgan fingerprint density at radius 3 is 2.45 bits per heavy atom. The first-order valence-corrected chi connectivity index (χ1v) is 13.2. The van der Waals surface area contributed by atoms with Crippen molar-refractivity contribution in [2.75, 3.05) is 0 Å². The quantitative estimate of drug-likeness (QED) is 0.310. The van der Waals surface area contributed by atoms with E-state index in [1.165, 1.54) is 0 Å². The second-order valence-electron chi connectivity index (χ2n) is 9.69. The molecular weight excluding hydrogens is 453 g/mol. The van der Waals surface area contributed by atoms with Gasteiger partial charge in [-0.05, 0) is 31.8 Å². The number of hydrogen-bond donors (Lipinski definition) is 6. The predicted molar refractivity (Wildman–Crippen MR) is 118 cm³/mol. The molecule has 11 nitrogen and oxygen atoms in total. The second kappa shape index (κ2) is 9.37. The topological polar surface area (TPSA) is 184 Å². The molecule has 1 amide bonds. The number of carbonyl (C=O) groups excluding carboxylic acids is 1. The van der Waals surface area contributed by atoms with Crippen molar-refractivity contribution >= 4 is 19.6 Å². The van der Waals surface area contributed by atoms with E-state index < -0.39 is 43.5 Å². The zero-order chi connectivity index (χ0) is 23.9. The van der Waals surface area contributed by atoms with E-state index in [1.807, 2.05) is 6.08 Å². The molecule has 33 heavy (non-hydrogen) atoms. The van der Waals surface area contributed by atoms with Crippen LogP contribution in [0.25, 0.3) is 0 Å². The third-order valence-corrected chi connectivity index (χ3v) is 8.02. The van der Waals surface area contributed by atoms with Crippen LogP contribution in [0.5, 0.6) is 0 Å². The van der Waals surface area contributed by atoms with Crippen LogP contribution in [0.15, 0.2) is 17.1 Å². The highest BCUT2D eigenvalue weighted by molar-refractivity contribution is 7.46. The van der Waals surface area contributed by atoms with Gasteiger partial charge in [0.2, 0.25) is 5.91 Å². The minimum Gasteiger partial charge on any atom is -0.387 e. The van der Waals surface area contributed by atoms with E-state index in [2.05, 4.69) is 14.8 Å². The van der Waals surface area contributed by atoms with Crippen molar-refractivity contribution < 1.29 is 38.6 Å². The van der Waals surface area contributed by atoms with Crippen LogP contribution >= 0.6 is 7.82 Å². The van der Waals surface area contributed by atoms with E-state index in [9.17, 15) is 29.4 Å². The molecule has 4 rings (SSSR count). The van der Waals surface area contributed by atoms with Crippen molar-refractivity contribution in [2.45, 2.75) is 99.9 Å². The number of nitrogens with one attached hydrogen (secondary N) is 1. The largest absolute Gasteiger partial charge is 0.472 e. The number of fused-ring (bicyclic) bond motifs is 5. The maximum absolute atomic E-state index is 13.7. The number of aliphatic imine (C=N–C) groups is 1. The minimum atomic E-state index is -4.99. The molecule has 0 aliphatic carbocycles. The third kappa shape index (κ3) is 4.91. The van der Waals surface area contributed by atoms with E-state index in [0.717, 1.165) is 38.5 Å². The monoisotopic (exact) mass is 487 g/mol. The number of aliphatic hydroxyl groups excluding tert-OH is 2. The van der Waals surface area contributed by atoms with Gasteiger partial charge in [-0.25, -0.2) is 4.57 Å². The molecular formula is C21H34N3O8P. The molecule has 1 spiro atoms. The van der Waals surface area contributed by atoms with Gasteiger partial charge < -0.3 is 35.8 Å². The van der Waals surface area contributed by atoms with Crippen LogP contribution < -0.4 is 11.1 Å². The van der Waals surface area contributed by atoms with Gasteiger partial charge in [0.25, 0.3) is 0 Å². The first-order valence-electron chi connectivity index (χ1n) is 11.7. The normalized spacial score (nSPS) is 45.0. The number of carbonyl (C=O) groups is 1. The molecule has 0 saturated carbocycles. The van der Waals surface area contributed by atoms with Crippen LogP contribution in [-0.4, -0.2) is 67.4 Å². The average Bonchev–Trinajstić information content (AvgIpc) is 2.95. The summed E-state index contributed by atoms with van der Waals surface area (Å²) < 4.78 is 21.8. The molecule has 3 fully saturated rings. The summed E-state index contributed by atoms with van der Waals surface area (Å²) in [6, 6.07) is 0. The van der Waals surface area contributed by atoms with E-state index in [0.29, 0.717) is 25.7 Å². The smallest absolute Gasteiger partial charge is 0.387 e. The number of aliphatic hydroxyl groups is 2. The van der Waals surface area contributed by atoms with E-state index >= 15 is 0 Å². The lowest BCUT2D eigenvalue weighted by molar-refractivity contribution is -0.148. The highest BCUT2D eigenvalue weighted by Crippen LogP contribution is 2.48. The number of nitrogens with two attached hydrogens (primary N) is 1. The summed E-state index contributed by atoms with van der Waals surface area (Å²) in [5.41, 5.74) is 3.97. The van der Waals surface area contributed by atoms with Gasteiger partial charge in [-0.1, -0.05) is 44.6 Å². The van der Waals surface area contributed by atoms with Gasteiger partial charge in [-0.2, -0.15) is 0 Å². The van der Waals surface area contributed by atoms with Crippen LogP contribution in [0.1, 0.15) is 64.2 Å². The first-order chi connectivity index (χ1) is 15.6. The number of amides is 1. The number of phosphoric acid groups is 1. The number of ether oxygens (including phenoxy) is 1. The van der Waals surface area contributed by atoms with Crippen molar-refractivity contribution in [3.05, 3.63) is 12.2 Å². The van der Waals surface area contributed by atoms with Gasteiger partial charge in [0.15, 0.2) is 6.29 Å². The van der Waals surface area contributed by atoms with E-state index in [1.54, 1.807) is 6.08 Å². The number of nitrogens with zero attached hydrogens (tertiary/aromatic N) is 1.